The van der Waals surface area contributed by atoms with Gasteiger partial charge in [0.05, 0.1) is 20.3 Å². The van der Waals surface area contributed by atoms with Crippen molar-refractivity contribution in [2.24, 2.45) is 0 Å². The van der Waals surface area contributed by atoms with E-state index >= 15 is 0 Å². The molecule has 0 atom stereocenters. The monoisotopic (exact) mass is 272 g/mol. The molecule has 0 radical (unpaired) electrons. The van der Waals surface area contributed by atoms with E-state index in [0.29, 0.717) is 30.3 Å². The molecule has 1 aliphatic rings. The van der Waals surface area contributed by atoms with E-state index in [4.69, 9.17) is 14.2 Å². The van der Waals surface area contributed by atoms with Crippen LogP contribution >= 0.6 is 0 Å². The summed E-state index contributed by atoms with van der Waals surface area (Å²) in [5, 5.41) is 10.0. The largest absolute Gasteiger partial charge is 0.507 e. The molecule has 1 N–H and O–H groups in total. The summed E-state index contributed by atoms with van der Waals surface area (Å²) in [6.45, 7) is 1.30. The van der Waals surface area contributed by atoms with Gasteiger partial charge in [-0.15, -0.1) is 0 Å². The lowest BCUT2D eigenvalue weighted by Gasteiger charge is -2.11. The van der Waals surface area contributed by atoms with Crippen LogP contribution in [-0.2, 0) is 0 Å². The zero-order valence-corrected chi connectivity index (χ0v) is 11.3. The number of hydrogen-bond acceptors (Lipinski definition) is 4. The number of benzene rings is 2. The Kier molecular flexibility index (Phi) is 3.37. The van der Waals surface area contributed by atoms with Gasteiger partial charge in [-0.05, 0) is 35.9 Å². The first-order valence-corrected chi connectivity index (χ1v) is 6.55. The summed E-state index contributed by atoms with van der Waals surface area (Å²) >= 11 is 0. The van der Waals surface area contributed by atoms with E-state index in [2.05, 4.69) is 0 Å². The Morgan fingerprint density at radius 1 is 1.00 bits per heavy atom. The van der Waals surface area contributed by atoms with Gasteiger partial charge in [-0.25, -0.2) is 0 Å². The van der Waals surface area contributed by atoms with E-state index in [0.717, 1.165) is 17.7 Å². The van der Waals surface area contributed by atoms with Crippen molar-refractivity contribution in [3.05, 3.63) is 36.4 Å². The molecule has 0 amide bonds. The minimum atomic E-state index is 0.209. The number of rotatable bonds is 2. The molecule has 2 aromatic rings. The summed E-state index contributed by atoms with van der Waals surface area (Å²) in [6.07, 6.45) is 0.869. The normalized spacial score (nSPS) is 13.7. The first-order valence-electron chi connectivity index (χ1n) is 6.55. The van der Waals surface area contributed by atoms with Gasteiger partial charge >= 0.3 is 0 Å². The molecule has 3 rings (SSSR count). The number of phenolic OH excluding ortho intramolecular Hbond substituents is 1. The first-order chi connectivity index (χ1) is 9.78. The molecule has 4 heteroatoms. The van der Waals surface area contributed by atoms with E-state index < -0.39 is 0 Å². The molecule has 0 aliphatic carbocycles. The maximum absolute atomic E-state index is 10.0. The van der Waals surface area contributed by atoms with E-state index in [1.165, 1.54) is 0 Å². The Hall–Kier alpha value is -2.36. The second kappa shape index (κ2) is 5.33. The van der Waals surface area contributed by atoms with Crippen LogP contribution in [0.1, 0.15) is 6.42 Å². The van der Waals surface area contributed by atoms with Crippen molar-refractivity contribution in [2.45, 2.75) is 6.42 Å². The van der Waals surface area contributed by atoms with Gasteiger partial charge in [0.1, 0.15) is 11.5 Å². The molecule has 0 bridgehead atoms. The highest BCUT2D eigenvalue weighted by atomic mass is 16.5. The van der Waals surface area contributed by atoms with Crippen LogP contribution in [0.2, 0.25) is 0 Å². The summed E-state index contributed by atoms with van der Waals surface area (Å²) in [5.41, 5.74) is 1.57. The molecule has 104 valence electrons. The van der Waals surface area contributed by atoms with Crippen molar-refractivity contribution in [3.8, 4) is 34.1 Å². The third-order valence-corrected chi connectivity index (χ3v) is 3.26. The van der Waals surface area contributed by atoms with Crippen molar-refractivity contribution in [2.75, 3.05) is 20.3 Å². The summed E-state index contributed by atoms with van der Waals surface area (Å²) in [7, 11) is 1.60. The van der Waals surface area contributed by atoms with Crippen LogP contribution in [0.15, 0.2) is 36.4 Å². The van der Waals surface area contributed by atoms with Crippen molar-refractivity contribution >= 4 is 0 Å². The van der Waals surface area contributed by atoms with Gasteiger partial charge in [0.15, 0.2) is 11.5 Å². The Morgan fingerprint density at radius 2 is 1.80 bits per heavy atom. The van der Waals surface area contributed by atoms with Crippen LogP contribution in [0.25, 0.3) is 11.1 Å². The highest BCUT2D eigenvalue weighted by Crippen LogP contribution is 2.38. The van der Waals surface area contributed by atoms with Crippen LogP contribution in [-0.4, -0.2) is 25.4 Å². The third kappa shape index (κ3) is 2.37. The number of hydrogen-bond donors (Lipinski definition) is 1. The lowest BCUT2D eigenvalue weighted by atomic mass is 10.0. The molecule has 0 unspecified atom stereocenters. The van der Waals surface area contributed by atoms with Crippen LogP contribution in [0.3, 0.4) is 0 Å². The van der Waals surface area contributed by atoms with Crippen LogP contribution in [0.5, 0.6) is 23.0 Å². The molecule has 20 heavy (non-hydrogen) atoms. The smallest absolute Gasteiger partial charge is 0.161 e. The second-order valence-electron chi connectivity index (χ2n) is 4.60. The summed E-state index contributed by atoms with van der Waals surface area (Å²) < 4.78 is 16.5. The summed E-state index contributed by atoms with van der Waals surface area (Å²) in [6, 6.07) is 10.8. The number of ether oxygens (including phenoxy) is 3. The Bertz CT molecular complexity index is 622. The van der Waals surface area contributed by atoms with Crippen molar-refractivity contribution in [1.82, 2.24) is 0 Å². The minimum absolute atomic E-state index is 0.209. The Labute approximate surface area is 117 Å². The van der Waals surface area contributed by atoms with Gasteiger partial charge in [-0.1, -0.05) is 6.07 Å². The van der Waals surface area contributed by atoms with E-state index in [-0.39, 0.29) is 5.75 Å². The molecule has 0 saturated carbocycles. The molecular formula is C16H16O4. The van der Waals surface area contributed by atoms with Gasteiger partial charge in [0.2, 0.25) is 0 Å². The fourth-order valence-electron chi connectivity index (χ4n) is 2.20. The maximum atomic E-state index is 10.0. The quantitative estimate of drug-likeness (QED) is 0.911. The van der Waals surface area contributed by atoms with E-state index in [1.54, 1.807) is 25.3 Å². The lowest BCUT2D eigenvalue weighted by Crippen LogP contribution is -1.97. The molecule has 0 spiro atoms. The fourth-order valence-corrected chi connectivity index (χ4v) is 2.20. The molecule has 1 aliphatic heterocycles. The topological polar surface area (TPSA) is 47.9 Å². The minimum Gasteiger partial charge on any atom is -0.507 e. The fraction of sp³-hybridized carbons (Fsp3) is 0.250. The first kappa shape index (κ1) is 12.7. The molecule has 0 aromatic heterocycles. The van der Waals surface area contributed by atoms with E-state index in [1.807, 2.05) is 18.2 Å². The second-order valence-corrected chi connectivity index (χ2v) is 4.60. The number of fused-ring (bicyclic) bond motifs is 1. The SMILES string of the molecule is COc1ccc(O)c(-c2ccc3c(c2)OCCCO3)c1. The molecule has 1 heterocycles. The average molecular weight is 272 g/mol. The van der Waals surface area contributed by atoms with Crippen LogP contribution in [0, 0.1) is 0 Å². The van der Waals surface area contributed by atoms with Crippen LogP contribution < -0.4 is 14.2 Å². The number of methoxy groups -OCH3 is 1. The van der Waals surface area contributed by atoms with Gasteiger partial charge in [0, 0.05) is 12.0 Å². The van der Waals surface area contributed by atoms with Crippen LogP contribution in [0.4, 0.5) is 0 Å². The number of phenols is 1. The van der Waals surface area contributed by atoms with Gasteiger partial charge in [-0.2, -0.15) is 0 Å². The van der Waals surface area contributed by atoms with Gasteiger partial charge in [-0.3, -0.25) is 0 Å². The maximum Gasteiger partial charge on any atom is 0.161 e. The Balaban J connectivity index is 2.04. The molecule has 2 aromatic carbocycles. The van der Waals surface area contributed by atoms with Gasteiger partial charge in [0.25, 0.3) is 0 Å². The summed E-state index contributed by atoms with van der Waals surface area (Å²) in [4.78, 5) is 0. The van der Waals surface area contributed by atoms with Crippen molar-refractivity contribution < 1.29 is 19.3 Å². The molecule has 4 nitrogen and oxygen atoms in total. The highest BCUT2D eigenvalue weighted by Gasteiger charge is 2.13. The van der Waals surface area contributed by atoms with Crippen molar-refractivity contribution in [1.29, 1.82) is 0 Å². The third-order valence-electron chi connectivity index (χ3n) is 3.26. The number of aromatic hydroxyl groups is 1. The lowest BCUT2D eigenvalue weighted by molar-refractivity contribution is 0.297. The average Bonchev–Trinajstić information content (AvgIpc) is 2.72. The Morgan fingerprint density at radius 3 is 2.60 bits per heavy atom. The predicted octanol–water partition coefficient (Wildman–Crippen LogP) is 3.23. The molecular weight excluding hydrogens is 256 g/mol. The standard InChI is InChI=1S/C16H16O4/c1-18-12-4-5-14(17)13(10-12)11-3-6-15-16(9-11)20-8-2-7-19-15/h3-6,9-10,17H,2,7-8H2,1H3. The summed E-state index contributed by atoms with van der Waals surface area (Å²) in [5.74, 6) is 2.36. The highest BCUT2D eigenvalue weighted by molar-refractivity contribution is 5.73. The van der Waals surface area contributed by atoms with E-state index in [9.17, 15) is 5.11 Å². The molecule has 0 fully saturated rings. The zero-order chi connectivity index (χ0) is 13.9. The molecule has 0 saturated heterocycles. The van der Waals surface area contributed by atoms with Crippen molar-refractivity contribution in [3.63, 3.8) is 0 Å². The van der Waals surface area contributed by atoms with Gasteiger partial charge < -0.3 is 19.3 Å². The zero-order valence-electron chi connectivity index (χ0n) is 11.3. The predicted molar refractivity (Wildman–Crippen MR) is 75.7 cm³/mol.